The summed E-state index contributed by atoms with van der Waals surface area (Å²) in [5.74, 6) is 0.608. The van der Waals surface area contributed by atoms with E-state index in [-0.39, 0.29) is 5.92 Å². The molecular formula is C17H24O. The lowest BCUT2D eigenvalue weighted by Crippen LogP contribution is -2.26. The summed E-state index contributed by atoms with van der Waals surface area (Å²) >= 11 is 0. The normalized spacial score (nSPS) is 19.8. The van der Waals surface area contributed by atoms with Crippen LogP contribution in [0.15, 0.2) is 18.2 Å². The van der Waals surface area contributed by atoms with Crippen molar-refractivity contribution in [3.05, 3.63) is 34.9 Å². The Morgan fingerprint density at radius 3 is 2.06 bits per heavy atom. The van der Waals surface area contributed by atoms with Crippen molar-refractivity contribution in [3.8, 4) is 0 Å². The lowest BCUT2D eigenvalue weighted by Gasteiger charge is -2.33. The van der Waals surface area contributed by atoms with Crippen LogP contribution in [0, 0.1) is 25.2 Å². The van der Waals surface area contributed by atoms with Gasteiger partial charge < -0.3 is 0 Å². The number of hydrogen-bond acceptors (Lipinski definition) is 1. The standard InChI is InChI=1S/C17H24O/c1-12-9-13(2)11-15(10-12)16(18)14-5-7-17(3,4)8-6-14/h9-11,14H,5-8H2,1-4H3. The molecule has 0 unspecified atom stereocenters. The Bertz CT molecular complexity index is 426. The molecule has 2 rings (SSSR count). The molecule has 1 aliphatic carbocycles. The Morgan fingerprint density at radius 2 is 1.56 bits per heavy atom. The smallest absolute Gasteiger partial charge is 0.165 e. The van der Waals surface area contributed by atoms with Crippen LogP contribution in [0.4, 0.5) is 0 Å². The first kappa shape index (κ1) is 13.3. The summed E-state index contributed by atoms with van der Waals surface area (Å²) in [6.45, 7) is 8.75. The highest BCUT2D eigenvalue weighted by atomic mass is 16.1. The van der Waals surface area contributed by atoms with Crippen LogP contribution in [0.25, 0.3) is 0 Å². The molecule has 1 nitrogen and oxygen atoms in total. The van der Waals surface area contributed by atoms with E-state index in [2.05, 4.69) is 33.8 Å². The summed E-state index contributed by atoms with van der Waals surface area (Å²) in [6.07, 6.45) is 4.46. The zero-order chi connectivity index (χ0) is 13.3. The Kier molecular flexibility index (Phi) is 3.61. The average Bonchev–Trinajstić information content (AvgIpc) is 2.27. The van der Waals surface area contributed by atoms with Crippen molar-refractivity contribution in [1.82, 2.24) is 0 Å². The van der Waals surface area contributed by atoms with Crippen molar-refractivity contribution in [1.29, 1.82) is 0 Å². The molecule has 0 bridgehead atoms. The van der Waals surface area contributed by atoms with E-state index in [1.54, 1.807) is 0 Å². The van der Waals surface area contributed by atoms with Gasteiger partial charge in [-0.1, -0.05) is 31.0 Å². The second-order valence-corrected chi connectivity index (χ2v) is 6.68. The molecule has 0 N–H and O–H groups in total. The molecule has 1 aliphatic rings. The number of carbonyl (C=O) groups is 1. The molecule has 1 saturated carbocycles. The first-order valence-electron chi connectivity index (χ1n) is 7.00. The van der Waals surface area contributed by atoms with Crippen molar-refractivity contribution in [3.63, 3.8) is 0 Å². The van der Waals surface area contributed by atoms with Gasteiger partial charge in [0.05, 0.1) is 0 Å². The van der Waals surface area contributed by atoms with Crippen LogP contribution in [0.5, 0.6) is 0 Å². The molecule has 0 spiro atoms. The van der Waals surface area contributed by atoms with Gasteiger partial charge in [0, 0.05) is 11.5 Å². The molecule has 98 valence electrons. The summed E-state index contributed by atoms with van der Waals surface area (Å²) in [5.41, 5.74) is 3.72. The largest absolute Gasteiger partial charge is 0.294 e. The lowest BCUT2D eigenvalue weighted by atomic mass is 9.71. The van der Waals surface area contributed by atoms with Gasteiger partial charge in [-0.15, -0.1) is 0 Å². The number of carbonyl (C=O) groups excluding carboxylic acids is 1. The highest BCUT2D eigenvalue weighted by Crippen LogP contribution is 2.39. The van der Waals surface area contributed by atoms with E-state index in [0.717, 1.165) is 18.4 Å². The fourth-order valence-electron chi connectivity index (χ4n) is 3.01. The minimum absolute atomic E-state index is 0.249. The molecule has 0 radical (unpaired) electrons. The Morgan fingerprint density at radius 1 is 1.06 bits per heavy atom. The summed E-state index contributed by atoms with van der Waals surface area (Å²) in [4.78, 5) is 12.5. The van der Waals surface area contributed by atoms with Gasteiger partial charge in [0.25, 0.3) is 0 Å². The molecule has 0 aliphatic heterocycles. The topological polar surface area (TPSA) is 17.1 Å². The molecular weight excluding hydrogens is 220 g/mol. The van der Waals surface area contributed by atoms with E-state index < -0.39 is 0 Å². The summed E-state index contributed by atoms with van der Waals surface area (Å²) < 4.78 is 0. The monoisotopic (exact) mass is 244 g/mol. The molecule has 0 aromatic heterocycles. The van der Waals surface area contributed by atoms with Crippen molar-refractivity contribution in [2.45, 2.75) is 53.4 Å². The van der Waals surface area contributed by atoms with Gasteiger partial charge in [0.1, 0.15) is 0 Å². The maximum atomic E-state index is 12.5. The zero-order valence-electron chi connectivity index (χ0n) is 12.0. The van der Waals surface area contributed by atoms with Crippen LogP contribution in [0.1, 0.15) is 61.0 Å². The second-order valence-electron chi connectivity index (χ2n) is 6.68. The zero-order valence-corrected chi connectivity index (χ0v) is 12.0. The predicted molar refractivity (Wildman–Crippen MR) is 76.0 cm³/mol. The van der Waals surface area contributed by atoms with Gasteiger partial charge in [-0.25, -0.2) is 0 Å². The molecule has 1 heteroatoms. The van der Waals surface area contributed by atoms with Crippen LogP contribution in [0.2, 0.25) is 0 Å². The van der Waals surface area contributed by atoms with Crippen molar-refractivity contribution < 1.29 is 4.79 Å². The van der Waals surface area contributed by atoms with Gasteiger partial charge in [-0.2, -0.15) is 0 Å². The predicted octanol–water partition coefficient (Wildman–Crippen LogP) is 4.70. The van der Waals surface area contributed by atoms with Crippen molar-refractivity contribution in [2.75, 3.05) is 0 Å². The summed E-state index contributed by atoms with van der Waals surface area (Å²) in [7, 11) is 0. The maximum absolute atomic E-state index is 12.5. The van der Waals surface area contributed by atoms with E-state index in [4.69, 9.17) is 0 Å². The minimum atomic E-state index is 0.249. The van der Waals surface area contributed by atoms with Crippen LogP contribution < -0.4 is 0 Å². The number of rotatable bonds is 2. The van der Waals surface area contributed by atoms with Crippen LogP contribution in [0.3, 0.4) is 0 Å². The first-order valence-corrected chi connectivity index (χ1v) is 7.00. The van der Waals surface area contributed by atoms with E-state index in [1.165, 1.54) is 24.0 Å². The number of benzene rings is 1. The molecule has 0 heterocycles. The average molecular weight is 244 g/mol. The Labute approximate surface area is 111 Å². The number of aryl methyl sites for hydroxylation is 2. The number of Topliss-reactive ketones (excluding diaryl/α,β-unsaturated/α-hetero) is 1. The van der Waals surface area contributed by atoms with E-state index >= 15 is 0 Å². The van der Waals surface area contributed by atoms with E-state index in [9.17, 15) is 4.79 Å². The third-order valence-electron chi connectivity index (χ3n) is 4.22. The third-order valence-corrected chi connectivity index (χ3v) is 4.22. The quantitative estimate of drug-likeness (QED) is 0.689. The SMILES string of the molecule is Cc1cc(C)cc(C(=O)C2CCC(C)(C)CC2)c1. The molecule has 0 atom stereocenters. The van der Waals surface area contributed by atoms with Crippen molar-refractivity contribution >= 4 is 5.78 Å². The summed E-state index contributed by atoms with van der Waals surface area (Å²) in [5, 5.41) is 0. The van der Waals surface area contributed by atoms with Crippen LogP contribution in [-0.2, 0) is 0 Å². The maximum Gasteiger partial charge on any atom is 0.165 e. The molecule has 1 aromatic rings. The van der Waals surface area contributed by atoms with Crippen molar-refractivity contribution in [2.24, 2.45) is 11.3 Å². The molecule has 0 saturated heterocycles. The first-order chi connectivity index (χ1) is 8.37. The molecule has 0 amide bonds. The molecule has 1 aromatic carbocycles. The van der Waals surface area contributed by atoms with Gasteiger partial charge in [0.15, 0.2) is 5.78 Å². The van der Waals surface area contributed by atoms with Crippen LogP contribution in [-0.4, -0.2) is 5.78 Å². The fourth-order valence-corrected chi connectivity index (χ4v) is 3.01. The second kappa shape index (κ2) is 4.87. The van der Waals surface area contributed by atoms with Gasteiger partial charge in [0.2, 0.25) is 0 Å². The molecule has 18 heavy (non-hydrogen) atoms. The number of ketones is 1. The van der Waals surface area contributed by atoms with E-state index in [1.807, 2.05) is 12.1 Å². The lowest BCUT2D eigenvalue weighted by molar-refractivity contribution is 0.0838. The van der Waals surface area contributed by atoms with Crippen LogP contribution >= 0.6 is 0 Å². The third kappa shape index (κ3) is 3.01. The highest BCUT2D eigenvalue weighted by Gasteiger charge is 2.30. The highest BCUT2D eigenvalue weighted by molar-refractivity contribution is 5.98. The van der Waals surface area contributed by atoms with Gasteiger partial charge in [-0.3, -0.25) is 4.79 Å². The minimum Gasteiger partial charge on any atom is -0.294 e. The Hall–Kier alpha value is -1.11. The van der Waals surface area contributed by atoms with Gasteiger partial charge >= 0.3 is 0 Å². The summed E-state index contributed by atoms with van der Waals surface area (Å²) in [6, 6.07) is 6.20. The fraction of sp³-hybridized carbons (Fsp3) is 0.588. The Balaban J connectivity index is 2.12. The van der Waals surface area contributed by atoms with E-state index in [0.29, 0.717) is 11.2 Å². The van der Waals surface area contributed by atoms with Gasteiger partial charge in [-0.05, 0) is 57.1 Å². The number of hydrogen-bond donors (Lipinski definition) is 0. The molecule has 1 fully saturated rings.